The van der Waals surface area contributed by atoms with E-state index in [2.05, 4.69) is 4.98 Å². The average molecular weight is 611 g/mol. The number of rotatable bonds is 4. The Labute approximate surface area is 244 Å². The number of aromatic nitrogens is 3. The highest BCUT2D eigenvalue weighted by Crippen LogP contribution is 2.45. The lowest BCUT2D eigenvalue weighted by molar-refractivity contribution is 0.141. The van der Waals surface area contributed by atoms with Crippen molar-refractivity contribution in [2.24, 2.45) is 0 Å². The predicted molar refractivity (Wildman–Crippen MR) is 148 cm³/mol. The minimum absolute atomic E-state index is 0.00856. The molecule has 6 rings (SSSR count). The summed E-state index contributed by atoms with van der Waals surface area (Å²) in [6.07, 6.45) is 1.31. The number of pyridine rings is 1. The van der Waals surface area contributed by atoms with Crippen molar-refractivity contribution in [2.45, 2.75) is 12.6 Å². The SMILES string of the molecule is N#Cc1ccc(Cl)c(-c2cc3c(c4c2C(O)CO4)c(=O)n(-c2cncc(Cl)c2)c(=O)n3Cc2cc(F)c(F)c(F)c2)c1. The van der Waals surface area contributed by atoms with Gasteiger partial charge in [0.25, 0.3) is 5.56 Å². The lowest BCUT2D eigenvalue weighted by atomic mass is 9.93. The van der Waals surface area contributed by atoms with Crippen molar-refractivity contribution in [1.82, 2.24) is 14.1 Å². The second kappa shape index (κ2) is 10.3. The van der Waals surface area contributed by atoms with Crippen LogP contribution in [0.25, 0.3) is 27.7 Å². The van der Waals surface area contributed by atoms with Crippen LogP contribution in [-0.2, 0) is 6.54 Å². The number of ether oxygens (including phenoxy) is 1. The largest absolute Gasteiger partial charge is 0.489 e. The molecule has 13 heteroatoms. The molecular formula is C29H15Cl2F3N4O4. The third-order valence-corrected chi connectivity index (χ3v) is 7.40. The van der Waals surface area contributed by atoms with Crippen molar-refractivity contribution in [3.8, 4) is 28.6 Å². The molecule has 0 aliphatic carbocycles. The number of aliphatic hydroxyl groups is 1. The summed E-state index contributed by atoms with van der Waals surface area (Å²) in [5.41, 5.74) is -0.962. The highest BCUT2D eigenvalue weighted by Gasteiger charge is 2.32. The van der Waals surface area contributed by atoms with Gasteiger partial charge in [-0.2, -0.15) is 5.26 Å². The summed E-state index contributed by atoms with van der Waals surface area (Å²) in [7, 11) is 0. The van der Waals surface area contributed by atoms with Crippen molar-refractivity contribution in [1.29, 1.82) is 5.26 Å². The molecular weight excluding hydrogens is 596 g/mol. The molecule has 2 aromatic heterocycles. The number of aliphatic hydroxyl groups excluding tert-OH is 1. The first-order valence-corrected chi connectivity index (χ1v) is 13.0. The number of nitriles is 1. The smallest absolute Gasteiger partial charge is 0.336 e. The lowest BCUT2D eigenvalue weighted by Gasteiger charge is -2.19. The van der Waals surface area contributed by atoms with E-state index in [0.29, 0.717) is 5.56 Å². The van der Waals surface area contributed by atoms with Crippen molar-refractivity contribution in [2.75, 3.05) is 6.61 Å². The van der Waals surface area contributed by atoms with Crippen LogP contribution >= 0.6 is 23.2 Å². The molecule has 0 spiro atoms. The Morgan fingerprint density at radius 1 is 1.05 bits per heavy atom. The molecule has 0 radical (unpaired) electrons. The average Bonchev–Trinajstić information content (AvgIpc) is 3.35. The van der Waals surface area contributed by atoms with Gasteiger partial charge in [0.15, 0.2) is 17.5 Å². The number of benzene rings is 3. The Hall–Kier alpha value is -4.63. The molecule has 0 saturated carbocycles. The van der Waals surface area contributed by atoms with Gasteiger partial charge in [0.05, 0.1) is 40.6 Å². The van der Waals surface area contributed by atoms with Crippen LogP contribution in [0, 0.1) is 28.8 Å². The molecule has 210 valence electrons. The Balaban J connectivity index is 1.76. The standard InChI is InChI=1S/C29H15Cl2F3N4O4/c30-15-6-16(10-36-9-15)38-28(40)25-22(37(29(38)41)11-14-4-20(32)26(34)21(33)5-14)7-18(24-23(39)12-42-27(24)25)17-3-13(8-35)1-2-19(17)31/h1-7,9-10,23,39H,11-12H2. The highest BCUT2D eigenvalue weighted by atomic mass is 35.5. The summed E-state index contributed by atoms with van der Waals surface area (Å²) < 4.78 is 49.6. The fourth-order valence-electron chi connectivity index (χ4n) is 5.04. The molecule has 1 N–H and O–H groups in total. The van der Waals surface area contributed by atoms with Gasteiger partial charge in [-0.1, -0.05) is 23.2 Å². The second-order valence-corrected chi connectivity index (χ2v) is 10.3. The van der Waals surface area contributed by atoms with Crippen LogP contribution in [0.5, 0.6) is 5.75 Å². The van der Waals surface area contributed by atoms with Crippen LogP contribution < -0.4 is 16.0 Å². The van der Waals surface area contributed by atoms with Gasteiger partial charge in [-0.15, -0.1) is 0 Å². The van der Waals surface area contributed by atoms with Gasteiger partial charge in [0, 0.05) is 22.3 Å². The maximum Gasteiger partial charge on any atom is 0.336 e. The summed E-state index contributed by atoms with van der Waals surface area (Å²) in [5, 5.41) is 20.5. The molecule has 1 unspecified atom stereocenters. The molecule has 1 aliphatic heterocycles. The van der Waals surface area contributed by atoms with Crippen LogP contribution in [0.4, 0.5) is 13.2 Å². The predicted octanol–water partition coefficient (Wildman–Crippen LogP) is 5.28. The summed E-state index contributed by atoms with van der Waals surface area (Å²) in [6.45, 7) is -0.743. The van der Waals surface area contributed by atoms with E-state index in [1.807, 2.05) is 6.07 Å². The van der Waals surface area contributed by atoms with Gasteiger partial charge in [0.1, 0.15) is 23.8 Å². The summed E-state index contributed by atoms with van der Waals surface area (Å²) >= 11 is 12.6. The molecule has 8 nitrogen and oxygen atoms in total. The zero-order chi connectivity index (χ0) is 29.9. The number of halogens is 5. The van der Waals surface area contributed by atoms with Crippen molar-refractivity contribution >= 4 is 34.1 Å². The van der Waals surface area contributed by atoms with E-state index in [1.165, 1.54) is 42.7 Å². The fourth-order valence-corrected chi connectivity index (χ4v) is 5.43. The minimum Gasteiger partial charge on any atom is -0.489 e. The van der Waals surface area contributed by atoms with Crippen LogP contribution in [-0.4, -0.2) is 25.8 Å². The number of nitrogens with zero attached hydrogens (tertiary/aromatic N) is 4. The van der Waals surface area contributed by atoms with E-state index in [4.69, 9.17) is 27.9 Å². The summed E-state index contributed by atoms with van der Waals surface area (Å²) in [6, 6.07) is 10.6. The van der Waals surface area contributed by atoms with Crippen molar-refractivity contribution < 1.29 is 23.0 Å². The van der Waals surface area contributed by atoms with Crippen LogP contribution in [0.2, 0.25) is 10.0 Å². The Morgan fingerprint density at radius 3 is 2.48 bits per heavy atom. The minimum atomic E-state index is -1.68. The van der Waals surface area contributed by atoms with Gasteiger partial charge in [0.2, 0.25) is 0 Å². The monoisotopic (exact) mass is 610 g/mol. The normalized spacial score (nSPS) is 14.1. The van der Waals surface area contributed by atoms with E-state index in [-0.39, 0.29) is 61.2 Å². The van der Waals surface area contributed by atoms with Crippen molar-refractivity contribution in [3.05, 3.63) is 120 Å². The van der Waals surface area contributed by atoms with E-state index >= 15 is 0 Å². The number of hydrogen-bond acceptors (Lipinski definition) is 6. The van der Waals surface area contributed by atoms with Crippen LogP contribution in [0.1, 0.15) is 22.8 Å². The second-order valence-electron chi connectivity index (χ2n) is 9.44. The maximum absolute atomic E-state index is 14.2. The third-order valence-electron chi connectivity index (χ3n) is 6.87. The van der Waals surface area contributed by atoms with E-state index in [1.54, 1.807) is 0 Å². The van der Waals surface area contributed by atoms with Crippen molar-refractivity contribution in [3.63, 3.8) is 0 Å². The summed E-state index contributed by atoms with van der Waals surface area (Å²) in [5.74, 6) is -4.67. The van der Waals surface area contributed by atoms with Crippen LogP contribution in [0.3, 0.4) is 0 Å². The van der Waals surface area contributed by atoms with E-state index in [0.717, 1.165) is 21.3 Å². The number of fused-ring (bicyclic) bond motifs is 3. The Morgan fingerprint density at radius 2 is 1.79 bits per heavy atom. The summed E-state index contributed by atoms with van der Waals surface area (Å²) in [4.78, 5) is 31.9. The first-order chi connectivity index (χ1) is 20.1. The lowest BCUT2D eigenvalue weighted by Crippen LogP contribution is -2.39. The van der Waals surface area contributed by atoms with Crippen LogP contribution in [0.15, 0.2) is 64.4 Å². The molecule has 0 bridgehead atoms. The molecule has 0 amide bonds. The van der Waals surface area contributed by atoms with Gasteiger partial charge in [-0.3, -0.25) is 14.3 Å². The zero-order valence-corrected chi connectivity index (χ0v) is 22.6. The molecule has 3 heterocycles. The van der Waals surface area contributed by atoms with Gasteiger partial charge < -0.3 is 9.84 Å². The molecule has 1 atom stereocenters. The Bertz CT molecular complexity index is 2100. The molecule has 5 aromatic rings. The first kappa shape index (κ1) is 27.5. The maximum atomic E-state index is 14.2. The molecule has 1 aliphatic rings. The zero-order valence-electron chi connectivity index (χ0n) is 21.0. The molecule has 0 saturated heterocycles. The first-order valence-electron chi connectivity index (χ1n) is 12.2. The quantitative estimate of drug-likeness (QED) is 0.277. The fraction of sp³-hybridized carbons (Fsp3) is 0.103. The van der Waals surface area contributed by atoms with Gasteiger partial charge in [-0.25, -0.2) is 22.5 Å². The molecule has 0 fully saturated rings. The number of hydrogen-bond donors (Lipinski definition) is 1. The van der Waals surface area contributed by atoms with E-state index in [9.17, 15) is 33.1 Å². The highest BCUT2D eigenvalue weighted by molar-refractivity contribution is 6.33. The third kappa shape index (κ3) is 4.41. The van der Waals surface area contributed by atoms with Gasteiger partial charge in [-0.05, 0) is 53.6 Å². The molecule has 42 heavy (non-hydrogen) atoms. The Kier molecular flexibility index (Phi) is 6.77. The van der Waals surface area contributed by atoms with Gasteiger partial charge >= 0.3 is 5.69 Å². The van der Waals surface area contributed by atoms with E-state index < -0.39 is 41.3 Å². The molecule has 3 aromatic carbocycles. The topological polar surface area (TPSA) is 110 Å².